The molecule has 0 fully saturated rings. The summed E-state index contributed by atoms with van der Waals surface area (Å²) in [6.07, 6.45) is 0. The molecule has 0 aliphatic carbocycles. The van der Waals surface area contributed by atoms with Gasteiger partial charge in [-0.15, -0.1) is 11.3 Å². The molecule has 0 aliphatic rings. The smallest absolute Gasteiger partial charge is 0.355 e. The van der Waals surface area contributed by atoms with E-state index in [-0.39, 0.29) is 5.69 Å². The normalized spacial score (nSPS) is 10.5. The van der Waals surface area contributed by atoms with Gasteiger partial charge in [0.15, 0.2) is 5.69 Å². The predicted octanol–water partition coefficient (Wildman–Crippen LogP) is 4.40. The lowest BCUT2D eigenvalue weighted by molar-refractivity contribution is 0.0691. The summed E-state index contributed by atoms with van der Waals surface area (Å²) in [5.41, 5.74) is 3.17. The van der Waals surface area contributed by atoms with Gasteiger partial charge in [0.25, 0.3) is 0 Å². The van der Waals surface area contributed by atoms with Crippen LogP contribution in [0, 0.1) is 6.92 Å². The zero-order valence-corrected chi connectivity index (χ0v) is 13.3. The molecule has 0 saturated heterocycles. The number of aromatic carboxylic acids is 1. The van der Waals surface area contributed by atoms with Crippen LogP contribution in [0.15, 0.2) is 53.9 Å². The lowest BCUT2D eigenvalue weighted by Gasteiger charge is -2.07. The molecule has 23 heavy (non-hydrogen) atoms. The Morgan fingerprint density at radius 1 is 1.22 bits per heavy atom. The number of benzene rings is 2. The molecule has 1 heterocycles. The molecule has 116 valence electrons. The van der Waals surface area contributed by atoms with Gasteiger partial charge in [-0.1, -0.05) is 35.9 Å². The maximum absolute atomic E-state index is 10.9. The van der Waals surface area contributed by atoms with E-state index in [0.717, 1.165) is 16.9 Å². The topological polar surface area (TPSA) is 59.4 Å². The second-order valence-electron chi connectivity index (χ2n) is 5.15. The SMILES string of the molecule is Cc1ccc(OCc2cccc(-c3nc(C(=O)O)cs3)c2)cc1. The van der Waals surface area contributed by atoms with E-state index in [2.05, 4.69) is 4.98 Å². The second kappa shape index (κ2) is 6.62. The highest BCUT2D eigenvalue weighted by atomic mass is 32.1. The van der Waals surface area contributed by atoms with Crippen molar-refractivity contribution < 1.29 is 14.6 Å². The molecular formula is C18H15NO3S. The van der Waals surface area contributed by atoms with Gasteiger partial charge >= 0.3 is 5.97 Å². The minimum atomic E-state index is -1.01. The lowest BCUT2D eigenvalue weighted by Crippen LogP contribution is -1.97. The first-order valence-electron chi connectivity index (χ1n) is 7.09. The van der Waals surface area contributed by atoms with Crippen LogP contribution in [0.4, 0.5) is 0 Å². The van der Waals surface area contributed by atoms with E-state index >= 15 is 0 Å². The minimum Gasteiger partial charge on any atom is -0.489 e. The molecular weight excluding hydrogens is 310 g/mol. The van der Waals surface area contributed by atoms with Crippen molar-refractivity contribution in [3.63, 3.8) is 0 Å². The van der Waals surface area contributed by atoms with Crippen molar-refractivity contribution in [2.45, 2.75) is 13.5 Å². The van der Waals surface area contributed by atoms with Crippen LogP contribution < -0.4 is 4.74 Å². The number of ether oxygens (including phenoxy) is 1. The molecule has 0 bridgehead atoms. The van der Waals surface area contributed by atoms with Gasteiger partial charge < -0.3 is 9.84 Å². The summed E-state index contributed by atoms with van der Waals surface area (Å²) < 4.78 is 5.77. The van der Waals surface area contributed by atoms with Crippen molar-refractivity contribution in [2.24, 2.45) is 0 Å². The Morgan fingerprint density at radius 3 is 2.70 bits per heavy atom. The summed E-state index contributed by atoms with van der Waals surface area (Å²) in [5.74, 6) is -0.185. The minimum absolute atomic E-state index is 0.0753. The van der Waals surface area contributed by atoms with Gasteiger partial charge in [-0.05, 0) is 30.7 Å². The number of carboxylic acids is 1. The van der Waals surface area contributed by atoms with Crippen LogP contribution >= 0.6 is 11.3 Å². The third kappa shape index (κ3) is 3.76. The number of aromatic nitrogens is 1. The first-order valence-corrected chi connectivity index (χ1v) is 7.97. The Morgan fingerprint density at radius 2 is 2.00 bits per heavy atom. The molecule has 0 amide bonds. The van der Waals surface area contributed by atoms with Gasteiger partial charge in [-0.25, -0.2) is 9.78 Å². The third-order valence-corrected chi connectivity index (χ3v) is 4.22. The Bertz CT molecular complexity index is 824. The van der Waals surface area contributed by atoms with E-state index in [4.69, 9.17) is 9.84 Å². The second-order valence-corrected chi connectivity index (χ2v) is 6.00. The highest BCUT2D eigenvalue weighted by Gasteiger charge is 2.10. The highest BCUT2D eigenvalue weighted by molar-refractivity contribution is 7.13. The quantitative estimate of drug-likeness (QED) is 0.755. The third-order valence-electron chi connectivity index (χ3n) is 3.32. The fraction of sp³-hybridized carbons (Fsp3) is 0.111. The lowest BCUT2D eigenvalue weighted by atomic mass is 10.1. The molecule has 0 spiro atoms. The van der Waals surface area contributed by atoms with Gasteiger partial charge in [0.05, 0.1) is 0 Å². The molecule has 0 aliphatic heterocycles. The first kappa shape index (κ1) is 15.2. The number of nitrogens with zero attached hydrogens (tertiary/aromatic N) is 1. The number of hydrogen-bond donors (Lipinski definition) is 1. The molecule has 0 atom stereocenters. The van der Waals surface area contributed by atoms with Gasteiger partial charge in [0, 0.05) is 10.9 Å². The number of aryl methyl sites for hydroxylation is 1. The van der Waals surface area contributed by atoms with Crippen molar-refractivity contribution in [3.8, 4) is 16.3 Å². The first-order chi connectivity index (χ1) is 11.1. The Balaban J connectivity index is 1.74. The van der Waals surface area contributed by atoms with Crippen LogP contribution in [0.3, 0.4) is 0 Å². The number of rotatable bonds is 5. The van der Waals surface area contributed by atoms with Crippen LogP contribution in [-0.2, 0) is 6.61 Å². The van der Waals surface area contributed by atoms with Gasteiger partial charge in [-0.2, -0.15) is 0 Å². The summed E-state index contributed by atoms with van der Waals surface area (Å²) in [4.78, 5) is 15.0. The average Bonchev–Trinajstić information content (AvgIpc) is 3.05. The van der Waals surface area contributed by atoms with Crippen LogP contribution in [0.25, 0.3) is 10.6 Å². The highest BCUT2D eigenvalue weighted by Crippen LogP contribution is 2.25. The van der Waals surface area contributed by atoms with Gasteiger partial charge in [-0.3, -0.25) is 0 Å². The van der Waals surface area contributed by atoms with Gasteiger partial charge in [0.2, 0.25) is 0 Å². The largest absolute Gasteiger partial charge is 0.489 e. The Hall–Kier alpha value is -2.66. The van der Waals surface area contributed by atoms with E-state index in [9.17, 15) is 4.79 Å². The molecule has 1 aromatic heterocycles. The van der Waals surface area contributed by atoms with E-state index in [1.807, 2.05) is 55.5 Å². The van der Waals surface area contributed by atoms with Crippen molar-refractivity contribution in [2.75, 3.05) is 0 Å². The van der Waals surface area contributed by atoms with E-state index in [1.54, 1.807) is 5.38 Å². The number of thiazole rings is 1. The van der Waals surface area contributed by atoms with Gasteiger partial charge in [0.1, 0.15) is 17.4 Å². The number of carboxylic acid groups (broad SMARTS) is 1. The molecule has 5 heteroatoms. The average molecular weight is 325 g/mol. The molecule has 3 rings (SSSR count). The molecule has 0 unspecified atom stereocenters. The van der Waals surface area contributed by atoms with E-state index < -0.39 is 5.97 Å². The monoisotopic (exact) mass is 325 g/mol. The summed E-state index contributed by atoms with van der Waals surface area (Å²) in [7, 11) is 0. The zero-order chi connectivity index (χ0) is 16.2. The fourth-order valence-electron chi connectivity index (χ4n) is 2.10. The van der Waals surface area contributed by atoms with E-state index in [1.165, 1.54) is 16.9 Å². The maximum atomic E-state index is 10.9. The molecule has 4 nitrogen and oxygen atoms in total. The van der Waals surface area contributed by atoms with Crippen LogP contribution in [0.2, 0.25) is 0 Å². The maximum Gasteiger partial charge on any atom is 0.355 e. The summed E-state index contributed by atoms with van der Waals surface area (Å²) >= 11 is 1.32. The van der Waals surface area contributed by atoms with Crippen molar-refractivity contribution in [1.82, 2.24) is 4.98 Å². The molecule has 0 saturated carbocycles. The summed E-state index contributed by atoms with van der Waals surface area (Å²) in [6.45, 7) is 2.49. The number of hydrogen-bond acceptors (Lipinski definition) is 4. The Labute approximate surface area is 138 Å². The summed E-state index contributed by atoms with van der Waals surface area (Å²) in [6, 6.07) is 15.7. The van der Waals surface area contributed by atoms with Crippen molar-refractivity contribution in [1.29, 1.82) is 0 Å². The van der Waals surface area contributed by atoms with E-state index in [0.29, 0.717) is 11.6 Å². The van der Waals surface area contributed by atoms with Crippen LogP contribution in [0.1, 0.15) is 21.6 Å². The number of carbonyl (C=O) groups is 1. The molecule has 3 aromatic rings. The summed E-state index contributed by atoms with van der Waals surface area (Å²) in [5, 5.41) is 11.2. The molecule has 0 radical (unpaired) electrons. The molecule has 1 N–H and O–H groups in total. The van der Waals surface area contributed by atoms with Crippen molar-refractivity contribution in [3.05, 3.63) is 70.7 Å². The fourth-order valence-corrected chi connectivity index (χ4v) is 2.89. The van der Waals surface area contributed by atoms with Crippen LogP contribution in [-0.4, -0.2) is 16.1 Å². The van der Waals surface area contributed by atoms with Crippen molar-refractivity contribution >= 4 is 17.3 Å². The standard InChI is InChI=1S/C18H15NO3S/c1-12-5-7-15(8-6-12)22-10-13-3-2-4-14(9-13)17-19-16(11-23-17)18(20)21/h2-9,11H,10H2,1H3,(H,20,21). The predicted molar refractivity (Wildman–Crippen MR) is 90.0 cm³/mol. The zero-order valence-electron chi connectivity index (χ0n) is 12.5. The molecule has 2 aromatic carbocycles. The Kier molecular flexibility index (Phi) is 4.39. The van der Waals surface area contributed by atoms with Crippen LogP contribution in [0.5, 0.6) is 5.75 Å².